The predicted molar refractivity (Wildman–Crippen MR) is 69.6 cm³/mol. The molecule has 0 heterocycles. The van der Waals surface area contributed by atoms with Crippen LogP contribution in [0.5, 0.6) is 0 Å². The molecule has 0 saturated heterocycles. The van der Waals surface area contributed by atoms with E-state index in [4.69, 9.17) is 5.11 Å². The second kappa shape index (κ2) is 6.26. The van der Waals surface area contributed by atoms with Crippen molar-refractivity contribution in [2.24, 2.45) is 5.92 Å². The van der Waals surface area contributed by atoms with Crippen molar-refractivity contribution in [3.63, 3.8) is 0 Å². The summed E-state index contributed by atoms with van der Waals surface area (Å²) < 4.78 is 23.0. The molecule has 0 aromatic carbocycles. The van der Waals surface area contributed by atoms with E-state index in [0.29, 0.717) is 11.2 Å². The zero-order chi connectivity index (χ0) is 12.2. The van der Waals surface area contributed by atoms with Gasteiger partial charge in [0.2, 0.25) is 0 Å². The Kier molecular flexibility index (Phi) is 5.61. The second-order valence-electron chi connectivity index (χ2n) is 4.86. The lowest BCUT2D eigenvalue weighted by Gasteiger charge is -2.28. The van der Waals surface area contributed by atoms with Crippen LogP contribution in [0, 0.1) is 5.92 Å². The first-order valence-electron chi connectivity index (χ1n) is 5.84. The average molecular weight is 266 g/mol. The number of aliphatic hydroxyl groups is 1. The van der Waals surface area contributed by atoms with E-state index in [2.05, 4.69) is 0 Å². The summed E-state index contributed by atoms with van der Waals surface area (Å²) in [5, 5.41) is 9.26. The van der Waals surface area contributed by atoms with Gasteiger partial charge >= 0.3 is 0 Å². The van der Waals surface area contributed by atoms with Gasteiger partial charge < -0.3 is 5.11 Å². The second-order valence-corrected chi connectivity index (χ2v) is 8.52. The van der Waals surface area contributed by atoms with E-state index in [1.54, 1.807) is 0 Å². The van der Waals surface area contributed by atoms with Gasteiger partial charge in [-0.05, 0) is 30.9 Å². The number of rotatable bonds is 5. The summed E-state index contributed by atoms with van der Waals surface area (Å²) in [5.74, 6) is 1.24. The highest BCUT2D eigenvalue weighted by Crippen LogP contribution is 2.32. The van der Waals surface area contributed by atoms with Crippen molar-refractivity contribution in [2.75, 3.05) is 18.6 Å². The minimum absolute atomic E-state index is 0.136. The molecule has 96 valence electrons. The number of hydrogen-bond acceptors (Lipinski definition) is 4. The first kappa shape index (κ1) is 14.3. The Morgan fingerprint density at radius 2 is 2.12 bits per heavy atom. The highest BCUT2D eigenvalue weighted by molar-refractivity contribution is 8.00. The molecule has 0 aliphatic heterocycles. The van der Waals surface area contributed by atoms with Gasteiger partial charge in [-0.25, -0.2) is 8.42 Å². The fourth-order valence-corrected chi connectivity index (χ4v) is 4.70. The molecule has 0 radical (unpaired) electrons. The molecule has 1 aliphatic carbocycles. The van der Waals surface area contributed by atoms with E-state index in [1.807, 2.05) is 18.7 Å². The van der Waals surface area contributed by atoms with Crippen molar-refractivity contribution in [1.82, 2.24) is 0 Å². The van der Waals surface area contributed by atoms with Crippen LogP contribution in [-0.4, -0.2) is 42.6 Å². The molecule has 1 N–H and O–H groups in total. The van der Waals surface area contributed by atoms with Crippen LogP contribution in [-0.2, 0) is 9.84 Å². The highest BCUT2D eigenvalue weighted by atomic mass is 32.2. The lowest BCUT2D eigenvalue weighted by atomic mass is 10.00. The Morgan fingerprint density at radius 1 is 1.44 bits per heavy atom. The monoisotopic (exact) mass is 266 g/mol. The minimum Gasteiger partial charge on any atom is -0.396 e. The largest absolute Gasteiger partial charge is 0.396 e. The maximum atomic E-state index is 11.5. The fourth-order valence-electron chi connectivity index (χ4n) is 2.00. The summed E-state index contributed by atoms with van der Waals surface area (Å²) in [4.78, 5) is 0. The van der Waals surface area contributed by atoms with E-state index in [9.17, 15) is 8.42 Å². The van der Waals surface area contributed by atoms with Crippen molar-refractivity contribution in [2.45, 2.75) is 43.1 Å². The molecule has 1 saturated carbocycles. The molecule has 1 rings (SSSR count). The van der Waals surface area contributed by atoms with Crippen molar-refractivity contribution < 1.29 is 13.5 Å². The summed E-state index contributed by atoms with van der Waals surface area (Å²) in [6.45, 7) is 2.24. The third-order valence-corrected chi connectivity index (χ3v) is 6.41. The zero-order valence-electron chi connectivity index (χ0n) is 10.1. The molecule has 1 aliphatic rings. The Balaban J connectivity index is 2.39. The van der Waals surface area contributed by atoms with Gasteiger partial charge in [0, 0.05) is 18.1 Å². The molecule has 1 fully saturated rings. The molecule has 16 heavy (non-hydrogen) atoms. The smallest absolute Gasteiger partial charge is 0.150 e. The molecule has 0 spiro atoms. The quantitative estimate of drug-likeness (QED) is 0.823. The van der Waals surface area contributed by atoms with E-state index in [-0.39, 0.29) is 11.9 Å². The van der Waals surface area contributed by atoms with Crippen LogP contribution in [0.3, 0.4) is 0 Å². The molecule has 0 aromatic heterocycles. The summed E-state index contributed by atoms with van der Waals surface area (Å²) in [5.41, 5.74) is 0. The predicted octanol–water partition coefficient (Wildman–Crippen LogP) is 1.70. The number of thioether (sulfide) groups is 1. The zero-order valence-corrected chi connectivity index (χ0v) is 11.7. The average Bonchev–Trinajstić information content (AvgIpc) is 2.25. The standard InChI is InChI=1S/C11H22O3S2/c1-9(7-12)8-15-10-4-3-5-11(6-10)16(2,13)14/h9-12H,3-8H2,1-2H3. The molecular weight excluding hydrogens is 244 g/mol. The van der Waals surface area contributed by atoms with Crippen LogP contribution in [0.4, 0.5) is 0 Å². The first-order chi connectivity index (χ1) is 7.43. The van der Waals surface area contributed by atoms with E-state index in [1.165, 1.54) is 6.26 Å². The third-order valence-electron chi connectivity index (χ3n) is 3.11. The molecule has 0 bridgehead atoms. The summed E-state index contributed by atoms with van der Waals surface area (Å²) >= 11 is 1.83. The van der Waals surface area contributed by atoms with Gasteiger partial charge in [-0.1, -0.05) is 13.3 Å². The summed E-state index contributed by atoms with van der Waals surface area (Å²) in [6, 6.07) is 0. The van der Waals surface area contributed by atoms with Crippen LogP contribution in [0.2, 0.25) is 0 Å². The minimum atomic E-state index is -2.87. The van der Waals surface area contributed by atoms with Crippen LogP contribution < -0.4 is 0 Å². The van der Waals surface area contributed by atoms with Gasteiger partial charge in [0.05, 0.1) is 5.25 Å². The SMILES string of the molecule is CC(CO)CSC1CCCC(S(C)(=O)=O)C1. The maximum Gasteiger partial charge on any atom is 0.150 e. The molecule has 0 amide bonds. The van der Waals surface area contributed by atoms with Crippen LogP contribution in [0.1, 0.15) is 32.6 Å². The highest BCUT2D eigenvalue weighted by Gasteiger charge is 2.29. The van der Waals surface area contributed by atoms with Gasteiger partial charge in [0.1, 0.15) is 9.84 Å². The molecule has 5 heteroatoms. The molecule has 3 nitrogen and oxygen atoms in total. The lowest BCUT2D eigenvalue weighted by Crippen LogP contribution is -2.29. The molecule has 3 atom stereocenters. The van der Waals surface area contributed by atoms with Gasteiger partial charge in [-0.15, -0.1) is 0 Å². The Labute approximate surface area is 103 Å². The Morgan fingerprint density at radius 3 is 2.69 bits per heavy atom. The van der Waals surface area contributed by atoms with Crippen LogP contribution >= 0.6 is 11.8 Å². The topological polar surface area (TPSA) is 54.4 Å². The van der Waals surface area contributed by atoms with Crippen molar-refractivity contribution >= 4 is 21.6 Å². The maximum absolute atomic E-state index is 11.5. The fraction of sp³-hybridized carbons (Fsp3) is 1.00. The Bertz CT molecular complexity index is 300. The molecule has 3 unspecified atom stereocenters. The number of hydrogen-bond donors (Lipinski definition) is 1. The summed E-state index contributed by atoms with van der Waals surface area (Å²) in [7, 11) is -2.87. The lowest BCUT2D eigenvalue weighted by molar-refractivity contribution is 0.250. The van der Waals surface area contributed by atoms with Gasteiger partial charge in [0.25, 0.3) is 0 Å². The Hall–Kier alpha value is 0.260. The van der Waals surface area contributed by atoms with E-state index < -0.39 is 9.84 Å². The van der Waals surface area contributed by atoms with Crippen molar-refractivity contribution in [3.05, 3.63) is 0 Å². The third kappa shape index (κ3) is 4.63. The molecule has 0 aromatic rings. The van der Waals surface area contributed by atoms with E-state index >= 15 is 0 Å². The van der Waals surface area contributed by atoms with Gasteiger partial charge in [-0.2, -0.15) is 11.8 Å². The molecular formula is C11H22O3S2. The van der Waals surface area contributed by atoms with E-state index in [0.717, 1.165) is 31.4 Å². The normalized spacial score (nSPS) is 28.9. The number of aliphatic hydroxyl groups excluding tert-OH is 1. The van der Waals surface area contributed by atoms with Crippen molar-refractivity contribution in [3.8, 4) is 0 Å². The summed E-state index contributed by atoms with van der Waals surface area (Å²) in [6.07, 6.45) is 5.10. The van der Waals surface area contributed by atoms with Gasteiger partial charge in [-0.3, -0.25) is 0 Å². The van der Waals surface area contributed by atoms with Gasteiger partial charge in [0.15, 0.2) is 0 Å². The van der Waals surface area contributed by atoms with Crippen molar-refractivity contribution in [1.29, 1.82) is 0 Å². The number of sulfone groups is 1. The van der Waals surface area contributed by atoms with Crippen LogP contribution in [0.25, 0.3) is 0 Å². The van der Waals surface area contributed by atoms with Crippen LogP contribution in [0.15, 0.2) is 0 Å². The first-order valence-corrected chi connectivity index (χ1v) is 8.85.